The Morgan fingerprint density at radius 3 is 1.75 bits per heavy atom. The molecule has 1 nitrogen and oxygen atoms in total. The molecule has 0 aliphatic rings. The summed E-state index contributed by atoms with van der Waals surface area (Å²) in [7, 11) is 0.880. The molecule has 0 aromatic rings. The predicted octanol–water partition coefficient (Wildman–Crippen LogP) is 2.42. The van der Waals surface area contributed by atoms with Crippen LogP contribution in [0.3, 0.4) is 0 Å². The molecule has 0 N–H and O–H groups in total. The van der Waals surface area contributed by atoms with Crippen LogP contribution in [-0.4, -0.2) is 16.1 Å². The molecule has 12 heavy (non-hydrogen) atoms. The zero-order chi connectivity index (χ0) is 9.45. The van der Waals surface area contributed by atoms with Crippen LogP contribution in [-0.2, 0) is 4.43 Å². The van der Waals surface area contributed by atoms with E-state index in [1.165, 1.54) is 38.5 Å². The molecule has 0 bridgehead atoms. The summed E-state index contributed by atoms with van der Waals surface area (Å²) in [5.74, 6) is 0. The van der Waals surface area contributed by atoms with Crippen LogP contribution in [0.5, 0.6) is 0 Å². The highest BCUT2D eigenvalue weighted by Gasteiger charge is 2.20. The monoisotopic (exact) mass is 188 g/mol. The highest BCUT2D eigenvalue weighted by atomic mass is 28.2. The van der Waals surface area contributed by atoms with Gasteiger partial charge in [-0.1, -0.05) is 39.5 Å². The number of unbranched alkanes of at least 4 members (excludes halogenated alkanes) is 2. The minimum atomic E-state index is 0.207. The fraction of sp³-hybridized carbons (Fsp3) is 1.00. The maximum Gasteiger partial charge on any atom is 0.146 e. The molecule has 0 saturated carbocycles. The van der Waals surface area contributed by atoms with Crippen molar-refractivity contribution in [3.05, 3.63) is 0 Å². The van der Waals surface area contributed by atoms with Crippen LogP contribution in [0.4, 0.5) is 0 Å². The molecule has 74 valence electrons. The molecule has 0 rings (SSSR count). The number of rotatable bonds is 7. The van der Waals surface area contributed by atoms with E-state index in [9.17, 15) is 0 Å². The van der Waals surface area contributed by atoms with E-state index >= 15 is 0 Å². The van der Waals surface area contributed by atoms with Gasteiger partial charge in [-0.05, 0) is 19.8 Å². The molecule has 0 unspecified atom stereocenters. The van der Waals surface area contributed by atoms with E-state index in [0.717, 1.165) is 10.5 Å². The molecule has 0 aromatic heterocycles. The quantitative estimate of drug-likeness (QED) is 0.558. The third kappa shape index (κ3) is 4.94. The van der Waals surface area contributed by atoms with E-state index in [1.54, 1.807) is 0 Å². The molecule has 0 spiro atoms. The van der Waals surface area contributed by atoms with Gasteiger partial charge >= 0.3 is 0 Å². The third-order valence-corrected chi connectivity index (χ3v) is 3.60. The van der Waals surface area contributed by atoms with Crippen molar-refractivity contribution in [3.63, 3.8) is 0 Å². The van der Waals surface area contributed by atoms with Gasteiger partial charge in [0.1, 0.15) is 10.5 Å². The van der Waals surface area contributed by atoms with E-state index in [2.05, 4.69) is 20.8 Å². The van der Waals surface area contributed by atoms with Gasteiger partial charge in [-0.3, -0.25) is 0 Å². The van der Waals surface area contributed by atoms with Crippen molar-refractivity contribution in [1.29, 1.82) is 0 Å². The molecule has 0 atom stereocenters. The first-order valence-electron chi connectivity index (χ1n) is 5.23. The Balaban J connectivity index is 3.70. The molecule has 0 aliphatic heterocycles. The molecule has 2 heteroatoms. The maximum absolute atomic E-state index is 5.68. The van der Waals surface area contributed by atoms with E-state index in [1.807, 2.05) is 0 Å². The van der Waals surface area contributed by atoms with Gasteiger partial charge in [-0.15, -0.1) is 0 Å². The normalized spacial score (nSPS) is 12.2. The number of hydrogen-bond acceptors (Lipinski definition) is 1. The van der Waals surface area contributed by atoms with E-state index in [0.29, 0.717) is 0 Å². The van der Waals surface area contributed by atoms with Gasteiger partial charge in [0.05, 0.1) is 5.60 Å². The lowest BCUT2D eigenvalue weighted by atomic mass is 9.93. The van der Waals surface area contributed by atoms with Crippen LogP contribution >= 0.6 is 0 Å². The summed E-state index contributed by atoms with van der Waals surface area (Å²) in [5.41, 5.74) is 0.207. The van der Waals surface area contributed by atoms with Crippen molar-refractivity contribution in [2.75, 3.05) is 0 Å². The largest absolute Gasteiger partial charge is 0.423 e. The first kappa shape index (κ1) is 12.2. The van der Waals surface area contributed by atoms with Gasteiger partial charge in [0.2, 0.25) is 0 Å². The van der Waals surface area contributed by atoms with Gasteiger partial charge in [0.15, 0.2) is 0 Å². The Kier molecular flexibility index (Phi) is 6.77. The van der Waals surface area contributed by atoms with Crippen molar-refractivity contribution in [1.82, 2.24) is 0 Å². The Labute approximate surface area is 80.4 Å². The zero-order valence-electron chi connectivity index (χ0n) is 9.15. The molecule has 0 amide bonds. The summed E-state index contributed by atoms with van der Waals surface area (Å²) in [5, 5.41) is 0. The van der Waals surface area contributed by atoms with Crippen molar-refractivity contribution in [3.8, 4) is 0 Å². The zero-order valence-corrected chi connectivity index (χ0v) is 11.2. The SMILES string of the molecule is CCCCC(C)(CCCC)O[SiH3]. The second kappa shape index (κ2) is 6.67. The first-order valence-corrected chi connectivity index (χ1v) is 6.05. The molecule has 0 aliphatic carbocycles. The highest BCUT2D eigenvalue weighted by Crippen LogP contribution is 2.23. The molecule has 0 aromatic carbocycles. The minimum Gasteiger partial charge on any atom is -0.423 e. The average Bonchev–Trinajstić information content (AvgIpc) is 2.11. The van der Waals surface area contributed by atoms with E-state index in [-0.39, 0.29) is 5.60 Å². The maximum atomic E-state index is 5.68. The lowest BCUT2D eigenvalue weighted by molar-refractivity contribution is 0.0757. The lowest BCUT2D eigenvalue weighted by Crippen LogP contribution is -2.27. The second-order valence-electron chi connectivity index (χ2n) is 3.86. The van der Waals surface area contributed by atoms with E-state index < -0.39 is 0 Å². The molecule has 0 fully saturated rings. The summed E-state index contributed by atoms with van der Waals surface area (Å²) in [6.07, 6.45) is 7.67. The first-order chi connectivity index (χ1) is 5.68. The van der Waals surface area contributed by atoms with Crippen LogP contribution in [0.2, 0.25) is 0 Å². The molecule has 0 heterocycles. The topological polar surface area (TPSA) is 9.23 Å². The smallest absolute Gasteiger partial charge is 0.146 e. The Hall–Kier alpha value is 0.177. The van der Waals surface area contributed by atoms with Crippen LogP contribution in [0.1, 0.15) is 59.3 Å². The van der Waals surface area contributed by atoms with Crippen LogP contribution in [0, 0.1) is 0 Å². The standard InChI is InChI=1S/C10H24OSi/c1-4-6-8-10(3,11-12)9-7-5-2/h4-9H2,1-3,12H3. The van der Waals surface area contributed by atoms with Crippen LogP contribution in [0.25, 0.3) is 0 Å². The van der Waals surface area contributed by atoms with E-state index in [4.69, 9.17) is 4.43 Å². The summed E-state index contributed by atoms with van der Waals surface area (Å²) in [6.45, 7) is 6.76. The van der Waals surface area contributed by atoms with Gasteiger partial charge in [0.25, 0.3) is 0 Å². The van der Waals surface area contributed by atoms with Crippen LogP contribution in [0.15, 0.2) is 0 Å². The summed E-state index contributed by atoms with van der Waals surface area (Å²) >= 11 is 0. The fourth-order valence-corrected chi connectivity index (χ4v) is 1.84. The van der Waals surface area contributed by atoms with Gasteiger partial charge in [-0.25, -0.2) is 0 Å². The van der Waals surface area contributed by atoms with Gasteiger partial charge in [-0.2, -0.15) is 0 Å². The number of hydrogen-bond donors (Lipinski definition) is 0. The predicted molar refractivity (Wildman–Crippen MR) is 58.5 cm³/mol. The van der Waals surface area contributed by atoms with Crippen molar-refractivity contribution >= 4 is 10.5 Å². The lowest BCUT2D eigenvalue weighted by Gasteiger charge is -2.28. The summed E-state index contributed by atoms with van der Waals surface area (Å²) in [4.78, 5) is 0. The molecule has 0 radical (unpaired) electrons. The molecular weight excluding hydrogens is 164 g/mol. The third-order valence-electron chi connectivity index (χ3n) is 2.61. The van der Waals surface area contributed by atoms with Crippen molar-refractivity contribution in [2.45, 2.75) is 64.9 Å². The molecular formula is C10H24OSi. The second-order valence-corrected chi connectivity index (χ2v) is 4.27. The van der Waals surface area contributed by atoms with Gasteiger partial charge in [0, 0.05) is 0 Å². The summed E-state index contributed by atoms with van der Waals surface area (Å²) < 4.78 is 5.68. The van der Waals surface area contributed by atoms with Gasteiger partial charge < -0.3 is 4.43 Å². The summed E-state index contributed by atoms with van der Waals surface area (Å²) in [6, 6.07) is 0. The Morgan fingerprint density at radius 2 is 1.50 bits per heavy atom. The Morgan fingerprint density at radius 1 is 1.08 bits per heavy atom. The average molecular weight is 188 g/mol. The highest BCUT2D eigenvalue weighted by molar-refractivity contribution is 5.98. The van der Waals surface area contributed by atoms with Crippen molar-refractivity contribution < 1.29 is 4.43 Å². The fourth-order valence-electron chi connectivity index (χ4n) is 1.43. The van der Waals surface area contributed by atoms with Crippen molar-refractivity contribution in [2.24, 2.45) is 0 Å². The minimum absolute atomic E-state index is 0.207. The van der Waals surface area contributed by atoms with Crippen LogP contribution < -0.4 is 0 Å². The Bertz CT molecular complexity index is 96.0. The molecule has 0 saturated heterocycles.